The third kappa shape index (κ3) is 4.39. The molecule has 1 fully saturated rings. The summed E-state index contributed by atoms with van der Waals surface area (Å²) >= 11 is 6.04. The van der Waals surface area contributed by atoms with Crippen LogP contribution in [0.1, 0.15) is 21.6 Å². The summed E-state index contributed by atoms with van der Waals surface area (Å²) in [6, 6.07) is 13.9. The molecule has 0 spiro atoms. The summed E-state index contributed by atoms with van der Waals surface area (Å²) in [5.74, 6) is -0.670. The smallest absolute Gasteiger partial charge is 0.368 e. The number of hydrogen-bond acceptors (Lipinski definition) is 3. The molecule has 0 N–H and O–H groups in total. The Morgan fingerprint density at radius 2 is 1.68 bits per heavy atom. The van der Waals surface area contributed by atoms with Crippen molar-refractivity contribution in [3.63, 3.8) is 0 Å². The summed E-state index contributed by atoms with van der Waals surface area (Å²) in [5, 5.41) is 4.50. The predicted molar refractivity (Wildman–Crippen MR) is 113 cm³/mol. The average molecular weight is 449 g/mol. The fourth-order valence-electron chi connectivity index (χ4n) is 3.67. The third-order valence-corrected chi connectivity index (χ3v) is 5.52. The molecule has 0 saturated carbocycles. The van der Waals surface area contributed by atoms with Gasteiger partial charge >= 0.3 is 6.18 Å². The zero-order chi connectivity index (χ0) is 22.2. The number of carbonyl (C=O) groups excluding carboxylic acids is 1. The van der Waals surface area contributed by atoms with Crippen LogP contribution in [0.2, 0.25) is 5.02 Å². The second-order valence-corrected chi connectivity index (χ2v) is 7.85. The Morgan fingerprint density at radius 1 is 1.00 bits per heavy atom. The second kappa shape index (κ2) is 8.26. The van der Waals surface area contributed by atoms with Gasteiger partial charge in [0.2, 0.25) is 0 Å². The fourth-order valence-corrected chi connectivity index (χ4v) is 3.85. The Hall–Kier alpha value is -3.00. The lowest BCUT2D eigenvalue weighted by atomic mass is 10.1. The molecule has 1 saturated heterocycles. The molecule has 0 unspecified atom stereocenters. The van der Waals surface area contributed by atoms with E-state index in [1.54, 1.807) is 30.3 Å². The predicted octanol–water partition coefficient (Wildman–Crippen LogP) is 4.82. The Balaban J connectivity index is 1.57. The SMILES string of the molecule is Cc1ccc(-n2ncc(C(=O)N3CCN(c4cccc(Cl)c4)CC3)c2C(F)(F)F)cc1. The van der Waals surface area contributed by atoms with Crippen LogP contribution in [0.5, 0.6) is 0 Å². The molecule has 4 rings (SSSR count). The second-order valence-electron chi connectivity index (χ2n) is 7.41. The highest BCUT2D eigenvalue weighted by Crippen LogP contribution is 2.34. The van der Waals surface area contributed by atoms with E-state index in [4.69, 9.17) is 11.6 Å². The molecule has 1 aliphatic rings. The number of benzene rings is 2. The van der Waals surface area contributed by atoms with Crippen LogP contribution in [-0.2, 0) is 6.18 Å². The quantitative estimate of drug-likeness (QED) is 0.577. The summed E-state index contributed by atoms with van der Waals surface area (Å²) in [7, 11) is 0. The van der Waals surface area contributed by atoms with Crippen molar-refractivity contribution in [2.45, 2.75) is 13.1 Å². The maximum absolute atomic E-state index is 13.9. The van der Waals surface area contributed by atoms with E-state index in [1.165, 1.54) is 4.90 Å². The summed E-state index contributed by atoms with van der Waals surface area (Å²) in [6.07, 6.45) is -3.72. The van der Waals surface area contributed by atoms with Gasteiger partial charge in [0.25, 0.3) is 5.91 Å². The lowest BCUT2D eigenvalue weighted by molar-refractivity contribution is -0.143. The molecule has 0 bridgehead atoms. The minimum absolute atomic E-state index is 0.253. The highest BCUT2D eigenvalue weighted by atomic mass is 35.5. The van der Waals surface area contributed by atoms with Gasteiger partial charge in [-0.1, -0.05) is 35.4 Å². The zero-order valence-electron chi connectivity index (χ0n) is 16.7. The molecule has 2 heterocycles. The van der Waals surface area contributed by atoms with Crippen LogP contribution >= 0.6 is 11.6 Å². The molecular weight excluding hydrogens is 429 g/mol. The molecule has 3 aromatic rings. The van der Waals surface area contributed by atoms with Crippen molar-refractivity contribution in [1.29, 1.82) is 0 Å². The molecule has 9 heteroatoms. The Kier molecular flexibility index (Phi) is 5.66. The number of amides is 1. The van der Waals surface area contributed by atoms with Gasteiger partial charge in [0.05, 0.1) is 17.4 Å². The topological polar surface area (TPSA) is 41.4 Å². The van der Waals surface area contributed by atoms with Crippen molar-refractivity contribution >= 4 is 23.2 Å². The van der Waals surface area contributed by atoms with E-state index in [9.17, 15) is 18.0 Å². The number of anilines is 1. The maximum atomic E-state index is 13.9. The number of halogens is 4. The van der Waals surface area contributed by atoms with Gasteiger partial charge < -0.3 is 9.80 Å². The van der Waals surface area contributed by atoms with Gasteiger partial charge in [0.15, 0.2) is 5.69 Å². The van der Waals surface area contributed by atoms with E-state index >= 15 is 0 Å². The van der Waals surface area contributed by atoms with Gasteiger partial charge in [-0.25, -0.2) is 4.68 Å². The normalized spacial score (nSPS) is 14.7. The molecule has 162 valence electrons. The molecule has 1 aromatic heterocycles. The lowest BCUT2D eigenvalue weighted by Crippen LogP contribution is -2.49. The third-order valence-electron chi connectivity index (χ3n) is 5.29. The highest BCUT2D eigenvalue weighted by molar-refractivity contribution is 6.30. The first-order valence-corrected chi connectivity index (χ1v) is 10.1. The van der Waals surface area contributed by atoms with Gasteiger partial charge in [-0.2, -0.15) is 18.3 Å². The average Bonchev–Trinajstić information content (AvgIpc) is 3.20. The number of carbonyl (C=O) groups is 1. The summed E-state index contributed by atoms with van der Waals surface area (Å²) in [6.45, 7) is 3.45. The van der Waals surface area contributed by atoms with E-state index in [0.29, 0.717) is 31.2 Å². The van der Waals surface area contributed by atoms with Gasteiger partial charge in [0.1, 0.15) is 0 Å². The number of rotatable bonds is 3. The van der Waals surface area contributed by atoms with E-state index < -0.39 is 23.3 Å². The molecule has 2 aromatic carbocycles. The van der Waals surface area contributed by atoms with Gasteiger partial charge in [0, 0.05) is 36.9 Å². The van der Waals surface area contributed by atoms with E-state index in [-0.39, 0.29) is 5.69 Å². The van der Waals surface area contributed by atoms with E-state index in [1.807, 2.05) is 25.1 Å². The molecule has 0 radical (unpaired) electrons. The van der Waals surface area contributed by atoms with Crippen molar-refractivity contribution in [3.8, 4) is 5.69 Å². The van der Waals surface area contributed by atoms with Crippen molar-refractivity contribution in [2.75, 3.05) is 31.1 Å². The number of aromatic nitrogens is 2. The minimum Gasteiger partial charge on any atom is -0.368 e. The van der Waals surface area contributed by atoms with Crippen molar-refractivity contribution < 1.29 is 18.0 Å². The van der Waals surface area contributed by atoms with Crippen molar-refractivity contribution in [1.82, 2.24) is 14.7 Å². The standard InChI is InChI=1S/C22H20ClF3N4O/c1-15-5-7-17(8-6-15)30-20(22(24,25)26)19(14-27-30)21(31)29-11-9-28(10-12-29)18-4-2-3-16(23)13-18/h2-8,13-14H,9-12H2,1H3. The molecule has 1 amide bonds. The van der Waals surface area contributed by atoms with E-state index in [2.05, 4.69) is 10.00 Å². The molecule has 0 atom stereocenters. The number of alkyl halides is 3. The van der Waals surface area contributed by atoms with Gasteiger partial charge in [-0.3, -0.25) is 4.79 Å². The van der Waals surface area contributed by atoms with Gasteiger partial charge in [-0.15, -0.1) is 0 Å². The number of hydrogen-bond donors (Lipinski definition) is 0. The van der Waals surface area contributed by atoms with Crippen LogP contribution in [0, 0.1) is 6.92 Å². The first-order valence-electron chi connectivity index (χ1n) is 9.76. The summed E-state index contributed by atoms with van der Waals surface area (Å²) < 4.78 is 42.5. The minimum atomic E-state index is -4.73. The van der Waals surface area contributed by atoms with Crippen molar-refractivity contribution in [2.24, 2.45) is 0 Å². The molecule has 31 heavy (non-hydrogen) atoms. The molecular formula is C22H20ClF3N4O. The number of piperazine rings is 1. The van der Waals surface area contributed by atoms with Crippen LogP contribution in [-0.4, -0.2) is 46.8 Å². The summed E-state index contributed by atoms with van der Waals surface area (Å²) in [4.78, 5) is 16.5. The number of aryl methyl sites for hydroxylation is 1. The highest BCUT2D eigenvalue weighted by Gasteiger charge is 2.41. The van der Waals surface area contributed by atoms with Gasteiger partial charge in [-0.05, 0) is 37.3 Å². The monoisotopic (exact) mass is 448 g/mol. The van der Waals surface area contributed by atoms with Crippen LogP contribution in [0.25, 0.3) is 5.69 Å². The summed E-state index contributed by atoms with van der Waals surface area (Å²) in [5.41, 5.74) is 0.590. The van der Waals surface area contributed by atoms with Crippen LogP contribution in [0.15, 0.2) is 54.7 Å². The van der Waals surface area contributed by atoms with Crippen LogP contribution in [0.4, 0.5) is 18.9 Å². The Labute approximate surface area is 182 Å². The molecule has 1 aliphatic heterocycles. The van der Waals surface area contributed by atoms with Crippen LogP contribution in [0.3, 0.4) is 0 Å². The lowest BCUT2D eigenvalue weighted by Gasteiger charge is -2.36. The molecule has 5 nitrogen and oxygen atoms in total. The van der Waals surface area contributed by atoms with E-state index in [0.717, 1.165) is 22.1 Å². The maximum Gasteiger partial charge on any atom is 0.434 e. The Morgan fingerprint density at radius 3 is 2.29 bits per heavy atom. The first-order chi connectivity index (χ1) is 14.7. The van der Waals surface area contributed by atoms with Crippen molar-refractivity contribution in [3.05, 3.63) is 76.6 Å². The molecule has 0 aliphatic carbocycles. The zero-order valence-corrected chi connectivity index (χ0v) is 17.5. The largest absolute Gasteiger partial charge is 0.434 e. The fraction of sp³-hybridized carbons (Fsp3) is 0.273. The first kappa shape index (κ1) is 21.2. The van der Waals surface area contributed by atoms with Crippen LogP contribution < -0.4 is 4.90 Å². The Bertz CT molecular complexity index is 1090. The number of nitrogens with zero attached hydrogens (tertiary/aromatic N) is 4.